The SMILES string of the molecule is CNC(=O)c1cc(C)ccc1NC(=O)CCC(=O)c1cc(Cl)sc1Cl. The number of nitrogens with one attached hydrogen (secondary N) is 2. The van der Waals surface area contributed by atoms with E-state index in [1.165, 1.54) is 13.1 Å². The van der Waals surface area contributed by atoms with Gasteiger partial charge in [-0.15, -0.1) is 11.3 Å². The fourth-order valence-corrected chi connectivity index (χ4v) is 3.69. The van der Waals surface area contributed by atoms with E-state index in [1.807, 2.05) is 6.92 Å². The van der Waals surface area contributed by atoms with Gasteiger partial charge in [0.2, 0.25) is 5.91 Å². The molecule has 8 heteroatoms. The first-order chi connectivity index (χ1) is 11.8. The molecule has 0 spiro atoms. The van der Waals surface area contributed by atoms with Crippen LogP contribution in [0.4, 0.5) is 5.69 Å². The smallest absolute Gasteiger partial charge is 0.253 e. The van der Waals surface area contributed by atoms with Gasteiger partial charge in [0, 0.05) is 25.5 Å². The summed E-state index contributed by atoms with van der Waals surface area (Å²) in [5.74, 6) is -0.909. The molecule has 0 unspecified atom stereocenters. The van der Waals surface area contributed by atoms with E-state index in [4.69, 9.17) is 23.2 Å². The number of amides is 2. The van der Waals surface area contributed by atoms with Gasteiger partial charge in [-0.25, -0.2) is 0 Å². The lowest BCUT2D eigenvalue weighted by molar-refractivity contribution is -0.116. The van der Waals surface area contributed by atoms with Crippen LogP contribution in [-0.2, 0) is 4.79 Å². The summed E-state index contributed by atoms with van der Waals surface area (Å²) in [6.45, 7) is 1.85. The highest BCUT2D eigenvalue weighted by atomic mass is 35.5. The molecule has 1 aromatic carbocycles. The number of rotatable bonds is 6. The van der Waals surface area contributed by atoms with Crippen LogP contribution in [-0.4, -0.2) is 24.6 Å². The molecule has 2 N–H and O–H groups in total. The summed E-state index contributed by atoms with van der Waals surface area (Å²) in [6.07, 6.45) is -0.0243. The second-order valence-electron chi connectivity index (χ2n) is 5.34. The van der Waals surface area contributed by atoms with E-state index in [0.717, 1.165) is 16.9 Å². The summed E-state index contributed by atoms with van der Waals surface area (Å²) in [6, 6.07) is 6.64. The van der Waals surface area contributed by atoms with Gasteiger partial charge >= 0.3 is 0 Å². The van der Waals surface area contributed by atoms with Crippen LogP contribution < -0.4 is 10.6 Å². The molecular formula is C17H16Cl2N2O3S. The second-order valence-corrected chi connectivity index (χ2v) is 7.62. The molecule has 25 heavy (non-hydrogen) atoms. The topological polar surface area (TPSA) is 75.3 Å². The van der Waals surface area contributed by atoms with Gasteiger partial charge in [0.25, 0.3) is 5.91 Å². The number of halogens is 2. The molecule has 0 bridgehead atoms. The molecule has 2 rings (SSSR count). The molecule has 5 nitrogen and oxygen atoms in total. The largest absolute Gasteiger partial charge is 0.355 e. The molecule has 2 amide bonds. The third-order valence-corrected chi connectivity index (χ3v) is 4.94. The molecule has 0 radical (unpaired) electrons. The minimum Gasteiger partial charge on any atom is -0.355 e. The zero-order valence-corrected chi connectivity index (χ0v) is 15.9. The van der Waals surface area contributed by atoms with E-state index < -0.39 is 0 Å². The van der Waals surface area contributed by atoms with Crippen LogP contribution in [0.2, 0.25) is 8.67 Å². The first-order valence-corrected chi connectivity index (χ1v) is 8.99. The Morgan fingerprint density at radius 1 is 1.08 bits per heavy atom. The fraction of sp³-hybridized carbons (Fsp3) is 0.235. The number of ketones is 1. The number of anilines is 1. The van der Waals surface area contributed by atoms with Crippen LogP contribution in [0, 0.1) is 6.92 Å². The summed E-state index contributed by atoms with van der Waals surface area (Å²) < 4.78 is 0.739. The van der Waals surface area contributed by atoms with Gasteiger partial charge in [0.1, 0.15) is 4.34 Å². The van der Waals surface area contributed by atoms with Crippen LogP contribution in [0.25, 0.3) is 0 Å². The number of Topliss-reactive ketones (excluding diaryl/α,β-unsaturated/α-hetero) is 1. The maximum atomic E-state index is 12.1. The van der Waals surface area contributed by atoms with Crippen LogP contribution in [0.5, 0.6) is 0 Å². The van der Waals surface area contributed by atoms with Crippen molar-refractivity contribution in [2.75, 3.05) is 12.4 Å². The van der Waals surface area contributed by atoms with E-state index in [0.29, 0.717) is 25.5 Å². The number of thiophene rings is 1. The number of carbonyl (C=O) groups excluding carboxylic acids is 3. The Bertz CT molecular complexity index is 833. The van der Waals surface area contributed by atoms with Crippen LogP contribution in [0.1, 0.15) is 39.1 Å². The van der Waals surface area contributed by atoms with Gasteiger partial charge in [-0.1, -0.05) is 34.8 Å². The molecule has 0 aliphatic rings. The average Bonchev–Trinajstić information content (AvgIpc) is 2.92. The average molecular weight is 399 g/mol. The zero-order chi connectivity index (χ0) is 18.6. The molecule has 0 saturated heterocycles. The number of aryl methyl sites for hydroxylation is 1. The third kappa shape index (κ3) is 5.04. The highest BCUT2D eigenvalue weighted by Crippen LogP contribution is 2.32. The van der Waals surface area contributed by atoms with Gasteiger partial charge < -0.3 is 10.6 Å². The second kappa shape index (κ2) is 8.47. The molecule has 0 atom stereocenters. The minimum atomic E-state index is -0.361. The van der Waals surface area contributed by atoms with Gasteiger partial charge in [0.05, 0.1) is 15.6 Å². The molecule has 132 valence electrons. The van der Waals surface area contributed by atoms with Crippen LogP contribution in [0.3, 0.4) is 0 Å². The molecular weight excluding hydrogens is 383 g/mol. The fourth-order valence-electron chi connectivity index (χ4n) is 2.19. The lowest BCUT2D eigenvalue weighted by atomic mass is 10.1. The highest BCUT2D eigenvalue weighted by Gasteiger charge is 2.17. The van der Waals surface area contributed by atoms with Crippen molar-refractivity contribution in [3.8, 4) is 0 Å². The predicted molar refractivity (Wildman–Crippen MR) is 101 cm³/mol. The number of hydrogen-bond donors (Lipinski definition) is 2. The third-order valence-electron chi connectivity index (χ3n) is 3.46. The quantitative estimate of drug-likeness (QED) is 0.711. The monoisotopic (exact) mass is 398 g/mol. The molecule has 1 aromatic heterocycles. The minimum absolute atomic E-state index is 0.000214. The maximum absolute atomic E-state index is 12.1. The normalized spacial score (nSPS) is 10.4. The number of hydrogen-bond acceptors (Lipinski definition) is 4. The van der Waals surface area contributed by atoms with Crippen molar-refractivity contribution in [2.24, 2.45) is 0 Å². The Hall–Kier alpha value is -1.89. The van der Waals surface area contributed by atoms with Crippen LogP contribution >= 0.6 is 34.5 Å². The Kier molecular flexibility index (Phi) is 6.58. The van der Waals surface area contributed by atoms with Gasteiger partial charge in [-0.3, -0.25) is 14.4 Å². The van der Waals surface area contributed by atoms with Crippen molar-refractivity contribution < 1.29 is 14.4 Å². The van der Waals surface area contributed by atoms with Gasteiger partial charge in [-0.2, -0.15) is 0 Å². The molecule has 0 aliphatic carbocycles. The number of benzene rings is 1. The molecule has 0 aliphatic heterocycles. The molecule has 0 saturated carbocycles. The Morgan fingerprint density at radius 2 is 1.80 bits per heavy atom. The molecule has 2 aromatic rings. The van der Waals surface area contributed by atoms with Gasteiger partial charge in [0.15, 0.2) is 5.78 Å². The highest BCUT2D eigenvalue weighted by molar-refractivity contribution is 7.20. The summed E-state index contributed by atoms with van der Waals surface area (Å²) in [5.41, 5.74) is 2.00. The molecule has 0 fully saturated rings. The van der Waals surface area contributed by atoms with Crippen molar-refractivity contribution in [3.05, 3.63) is 49.6 Å². The standard InChI is InChI=1S/C17H16Cl2N2O3S/c1-9-3-4-12(10(7-9)17(24)20-2)21-15(23)6-5-13(22)11-8-14(18)25-16(11)19/h3-4,7-8H,5-6H2,1-2H3,(H,20,24)(H,21,23). The van der Waals surface area contributed by atoms with Crippen molar-refractivity contribution in [1.29, 1.82) is 0 Å². The van der Waals surface area contributed by atoms with Crippen molar-refractivity contribution in [1.82, 2.24) is 5.32 Å². The molecule has 1 heterocycles. The predicted octanol–water partition coefficient (Wildman–Crippen LogP) is 4.32. The zero-order valence-electron chi connectivity index (χ0n) is 13.6. The Balaban J connectivity index is 2.02. The summed E-state index contributed by atoms with van der Waals surface area (Å²) >= 11 is 12.9. The van der Waals surface area contributed by atoms with E-state index in [9.17, 15) is 14.4 Å². The summed E-state index contributed by atoms with van der Waals surface area (Å²) in [7, 11) is 1.52. The summed E-state index contributed by atoms with van der Waals surface area (Å²) in [4.78, 5) is 36.2. The maximum Gasteiger partial charge on any atom is 0.253 e. The first kappa shape index (κ1) is 19.4. The lowest BCUT2D eigenvalue weighted by Gasteiger charge is -2.11. The first-order valence-electron chi connectivity index (χ1n) is 7.42. The van der Waals surface area contributed by atoms with Gasteiger partial charge in [-0.05, 0) is 25.1 Å². The number of carbonyl (C=O) groups is 3. The van der Waals surface area contributed by atoms with Crippen LogP contribution in [0.15, 0.2) is 24.3 Å². The van der Waals surface area contributed by atoms with Crippen molar-refractivity contribution in [3.63, 3.8) is 0 Å². The van der Waals surface area contributed by atoms with Crippen molar-refractivity contribution in [2.45, 2.75) is 19.8 Å². The van der Waals surface area contributed by atoms with E-state index in [1.54, 1.807) is 18.2 Å². The van der Waals surface area contributed by atoms with E-state index in [-0.39, 0.29) is 30.4 Å². The Labute approximate surface area is 159 Å². The van der Waals surface area contributed by atoms with E-state index in [2.05, 4.69) is 10.6 Å². The van der Waals surface area contributed by atoms with Crippen molar-refractivity contribution >= 4 is 57.8 Å². The lowest BCUT2D eigenvalue weighted by Crippen LogP contribution is -2.22. The van der Waals surface area contributed by atoms with E-state index >= 15 is 0 Å². The Morgan fingerprint density at radius 3 is 2.40 bits per heavy atom. The summed E-state index contributed by atoms with van der Waals surface area (Å²) in [5, 5.41) is 5.20.